The highest BCUT2D eigenvalue weighted by Crippen LogP contribution is 2.25. The van der Waals surface area contributed by atoms with Crippen LogP contribution in [0.5, 0.6) is 0 Å². The predicted octanol–water partition coefficient (Wildman–Crippen LogP) is 4.09. The van der Waals surface area contributed by atoms with Gasteiger partial charge in [0.05, 0.1) is 10.6 Å². The molecule has 4 N–H and O–H groups in total. The Morgan fingerprint density at radius 3 is 1.58 bits per heavy atom. The van der Waals surface area contributed by atoms with Crippen LogP contribution in [0.15, 0.2) is 58.3 Å². The molecule has 4 rings (SSSR count). The Morgan fingerprint density at radius 2 is 1.11 bits per heavy atom. The van der Waals surface area contributed by atoms with Crippen LogP contribution in [-0.2, 0) is 20.0 Å². The molecule has 0 atom stereocenters. The highest BCUT2D eigenvalue weighted by molar-refractivity contribution is 7.90. The van der Waals surface area contributed by atoms with Gasteiger partial charge in [-0.05, 0) is 43.9 Å². The molecule has 2 aliphatic rings. The van der Waals surface area contributed by atoms with Crippen LogP contribution in [0.4, 0.5) is 11.4 Å². The van der Waals surface area contributed by atoms with E-state index in [9.17, 15) is 26.9 Å². The van der Waals surface area contributed by atoms with Crippen molar-refractivity contribution >= 4 is 31.4 Å². The van der Waals surface area contributed by atoms with Gasteiger partial charge < -0.3 is 5.73 Å². The summed E-state index contributed by atoms with van der Waals surface area (Å²) < 4.78 is 54.0. The molecule has 2 aliphatic carbocycles. The van der Waals surface area contributed by atoms with E-state index in [1.165, 1.54) is 30.7 Å². The van der Waals surface area contributed by atoms with Crippen LogP contribution in [-0.4, -0.2) is 33.8 Å². The van der Waals surface area contributed by atoms with Gasteiger partial charge >= 0.3 is 0 Å². The second-order valence-electron chi connectivity index (χ2n) is 9.18. The van der Waals surface area contributed by atoms with Crippen LogP contribution in [0, 0.1) is 10.1 Å². The van der Waals surface area contributed by atoms with Crippen molar-refractivity contribution in [2.45, 2.75) is 86.1 Å². The molecule has 12 heteroatoms. The number of hydrogen-bond acceptors (Lipinski definition) is 7. The fourth-order valence-corrected chi connectivity index (χ4v) is 7.48. The van der Waals surface area contributed by atoms with Crippen molar-refractivity contribution in [2.75, 3.05) is 5.73 Å². The number of anilines is 1. The maximum atomic E-state index is 12.2. The summed E-state index contributed by atoms with van der Waals surface area (Å²) in [6.45, 7) is 0. The third-order valence-electron chi connectivity index (χ3n) is 6.41. The second kappa shape index (κ2) is 12.6. The summed E-state index contributed by atoms with van der Waals surface area (Å²) in [5.74, 6) is 0. The van der Waals surface area contributed by atoms with E-state index in [4.69, 9.17) is 5.73 Å². The topological polar surface area (TPSA) is 162 Å². The van der Waals surface area contributed by atoms with Crippen LogP contribution >= 0.6 is 0 Å². The van der Waals surface area contributed by atoms with Crippen LogP contribution in [0.1, 0.15) is 64.2 Å². The van der Waals surface area contributed by atoms with Crippen molar-refractivity contribution in [2.24, 2.45) is 0 Å². The van der Waals surface area contributed by atoms with Gasteiger partial charge in [-0.25, -0.2) is 26.3 Å². The molecule has 36 heavy (non-hydrogen) atoms. The van der Waals surface area contributed by atoms with Crippen LogP contribution in [0.2, 0.25) is 0 Å². The van der Waals surface area contributed by atoms with Crippen molar-refractivity contribution in [1.82, 2.24) is 9.44 Å². The average molecular weight is 539 g/mol. The van der Waals surface area contributed by atoms with Crippen molar-refractivity contribution < 1.29 is 21.8 Å². The monoisotopic (exact) mass is 538 g/mol. The first kappa shape index (κ1) is 28.0. The lowest BCUT2D eigenvalue weighted by molar-refractivity contribution is -0.387. The summed E-state index contributed by atoms with van der Waals surface area (Å²) in [5.41, 5.74) is 5.61. The van der Waals surface area contributed by atoms with Gasteiger partial charge in [0.15, 0.2) is 4.90 Å². The highest BCUT2D eigenvalue weighted by atomic mass is 32.2. The molecule has 0 aliphatic heterocycles. The third-order valence-corrected chi connectivity index (χ3v) is 9.58. The van der Waals surface area contributed by atoms with Crippen molar-refractivity contribution in [3.05, 3.63) is 58.6 Å². The number of para-hydroxylation sites is 2. The molecule has 0 heterocycles. The number of benzene rings is 2. The summed E-state index contributed by atoms with van der Waals surface area (Å²) in [6, 6.07) is 11.9. The minimum absolute atomic E-state index is 0.0633. The molecule has 0 aromatic heterocycles. The zero-order valence-electron chi connectivity index (χ0n) is 20.1. The van der Waals surface area contributed by atoms with Crippen LogP contribution in [0.3, 0.4) is 0 Å². The van der Waals surface area contributed by atoms with E-state index >= 15 is 0 Å². The standard InChI is InChI=1S/C12H16N2O4S.C12H18N2O2S/c15-14(16)11-8-4-5-9-12(11)19(17,18)13-10-6-2-1-3-7-10;13-11-8-4-5-9-12(11)17(15,16)14-10-6-2-1-3-7-10/h4-5,8-10,13H,1-3,6-7H2;4-5,8-10,14H,1-3,6-7,13H2. The molecular weight excluding hydrogens is 504 g/mol. The largest absolute Gasteiger partial charge is 0.398 e. The fourth-order valence-electron chi connectivity index (χ4n) is 4.57. The van der Waals surface area contributed by atoms with Gasteiger partial charge in [0.25, 0.3) is 5.69 Å². The van der Waals surface area contributed by atoms with E-state index in [0.717, 1.165) is 57.8 Å². The summed E-state index contributed by atoms with van der Waals surface area (Å²) in [5, 5.41) is 10.9. The molecule has 2 fully saturated rings. The molecule has 10 nitrogen and oxygen atoms in total. The van der Waals surface area contributed by atoms with Gasteiger partial charge in [-0.3, -0.25) is 10.1 Å². The van der Waals surface area contributed by atoms with E-state index in [1.807, 2.05) is 0 Å². The highest BCUT2D eigenvalue weighted by Gasteiger charge is 2.28. The number of nitro groups is 1. The Morgan fingerprint density at radius 1 is 0.694 bits per heavy atom. The van der Waals surface area contributed by atoms with Gasteiger partial charge in [0, 0.05) is 18.2 Å². The third kappa shape index (κ3) is 7.73. The van der Waals surface area contributed by atoms with Gasteiger partial charge in [0.1, 0.15) is 4.90 Å². The van der Waals surface area contributed by atoms with E-state index in [1.54, 1.807) is 24.3 Å². The Bertz CT molecular complexity index is 1240. The molecule has 0 radical (unpaired) electrons. The molecular formula is C24H34N4O6S2. The van der Waals surface area contributed by atoms with Crippen LogP contribution < -0.4 is 15.2 Å². The van der Waals surface area contributed by atoms with Gasteiger partial charge in [0.2, 0.25) is 20.0 Å². The molecule has 2 saturated carbocycles. The number of sulfonamides is 2. The van der Waals surface area contributed by atoms with E-state index in [2.05, 4.69) is 9.44 Å². The SMILES string of the molecule is Nc1ccccc1S(=O)(=O)NC1CCCCC1.O=[N+]([O-])c1ccccc1S(=O)(=O)NC1CCCCC1. The minimum Gasteiger partial charge on any atom is -0.398 e. The first-order valence-electron chi connectivity index (χ1n) is 12.2. The normalized spacial score (nSPS) is 17.7. The molecule has 0 saturated heterocycles. The average Bonchev–Trinajstić information content (AvgIpc) is 2.85. The van der Waals surface area contributed by atoms with Crippen molar-refractivity contribution in [3.8, 4) is 0 Å². The second-order valence-corrected chi connectivity index (χ2v) is 12.5. The first-order chi connectivity index (χ1) is 17.1. The Labute approximate surface area is 212 Å². The van der Waals surface area contributed by atoms with Crippen molar-refractivity contribution in [1.29, 1.82) is 0 Å². The predicted molar refractivity (Wildman–Crippen MR) is 138 cm³/mol. The maximum absolute atomic E-state index is 12.2. The summed E-state index contributed by atoms with van der Waals surface area (Å²) in [7, 11) is -7.29. The lowest BCUT2D eigenvalue weighted by Crippen LogP contribution is -2.36. The number of nitrogens with zero attached hydrogens (tertiary/aromatic N) is 1. The van der Waals surface area contributed by atoms with E-state index < -0.39 is 25.0 Å². The number of rotatable bonds is 7. The molecule has 2 aromatic carbocycles. The lowest BCUT2D eigenvalue weighted by Gasteiger charge is -2.22. The summed E-state index contributed by atoms with van der Waals surface area (Å²) in [4.78, 5) is 10.1. The number of hydrogen-bond donors (Lipinski definition) is 3. The maximum Gasteiger partial charge on any atom is 0.289 e. The van der Waals surface area contributed by atoms with Gasteiger partial charge in [-0.1, -0.05) is 62.8 Å². The van der Waals surface area contributed by atoms with Gasteiger partial charge in [-0.2, -0.15) is 0 Å². The first-order valence-corrected chi connectivity index (χ1v) is 15.2. The molecule has 0 amide bonds. The fraction of sp³-hybridized carbons (Fsp3) is 0.500. The molecule has 0 bridgehead atoms. The van der Waals surface area contributed by atoms with E-state index in [-0.39, 0.29) is 27.6 Å². The van der Waals surface area contributed by atoms with Gasteiger partial charge in [-0.15, -0.1) is 0 Å². The molecule has 0 spiro atoms. The zero-order chi connectivity index (χ0) is 26.2. The summed E-state index contributed by atoms with van der Waals surface area (Å²) >= 11 is 0. The molecule has 198 valence electrons. The molecule has 2 aromatic rings. The Kier molecular flexibility index (Phi) is 9.83. The number of nitro benzene ring substituents is 1. The quantitative estimate of drug-likeness (QED) is 0.272. The Hall–Kier alpha value is -2.54. The zero-order valence-corrected chi connectivity index (χ0v) is 21.8. The van der Waals surface area contributed by atoms with E-state index in [0.29, 0.717) is 5.69 Å². The van der Waals surface area contributed by atoms with Crippen LogP contribution in [0.25, 0.3) is 0 Å². The lowest BCUT2D eigenvalue weighted by atomic mass is 9.96. The summed E-state index contributed by atoms with van der Waals surface area (Å²) in [6.07, 6.45) is 9.91. The van der Waals surface area contributed by atoms with Crippen molar-refractivity contribution in [3.63, 3.8) is 0 Å². The number of nitrogens with one attached hydrogen (secondary N) is 2. The Balaban J connectivity index is 0.000000202. The number of nitrogen functional groups attached to an aromatic ring is 1. The number of nitrogens with two attached hydrogens (primary N) is 1. The smallest absolute Gasteiger partial charge is 0.289 e. The minimum atomic E-state index is -3.83. The molecule has 0 unspecified atom stereocenters.